The second kappa shape index (κ2) is 11.9. The molecule has 0 aliphatic heterocycles. The maximum atomic E-state index is 10.2. The van der Waals surface area contributed by atoms with Gasteiger partial charge < -0.3 is 10.2 Å². The molecule has 0 aromatic rings. The highest BCUT2D eigenvalue weighted by atomic mass is 32.1. The summed E-state index contributed by atoms with van der Waals surface area (Å²) in [7, 11) is 4.19. The molecule has 190 valence electrons. The summed E-state index contributed by atoms with van der Waals surface area (Å²) in [4.78, 5) is 0. The number of rotatable bonds is 5. The van der Waals surface area contributed by atoms with E-state index in [0.717, 1.165) is 55.3 Å². The molecule has 0 aromatic carbocycles. The number of unbranched alkanes of at least 4 members (excludes halogenated alkanes) is 1. The molecule has 33 heavy (non-hydrogen) atoms. The third-order valence-corrected chi connectivity index (χ3v) is 10.2. The minimum atomic E-state index is -0.511. The van der Waals surface area contributed by atoms with E-state index in [0.29, 0.717) is 10.8 Å². The first-order valence-corrected chi connectivity index (χ1v) is 14.4. The van der Waals surface area contributed by atoms with Crippen LogP contribution in [0, 0.1) is 40.4 Å². The Morgan fingerprint density at radius 3 is 2.42 bits per heavy atom. The number of aliphatic hydroxyl groups is 2. The van der Waals surface area contributed by atoms with Crippen molar-refractivity contribution in [1.82, 2.24) is 0 Å². The van der Waals surface area contributed by atoms with E-state index in [2.05, 4.69) is 46.5 Å². The van der Waals surface area contributed by atoms with Gasteiger partial charge in [-0.25, -0.2) is 12.5 Å². The molecule has 2 radical (unpaired) electrons. The third kappa shape index (κ3) is 6.08. The molecule has 4 heteroatoms. The lowest BCUT2D eigenvalue weighted by atomic mass is 9.46. The van der Waals surface area contributed by atoms with Crippen molar-refractivity contribution >= 4 is 19.6 Å². The summed E-state index contributed by atoms with van der Waals surface area (Å²) in [5, 5.41) is 20.3. The molecule has 3 fully saturated rings. The van der Waals surface area contributed by atoms with E-state index in [1.165, 1.54) is 44.9 Å². The lowest BCUT2D eigenvalue weighted by Gasteiger charge is -2.58. The van der Waals surface area contributed by atoms with Gasteiger partial charge in [0.2, 0.25) is 0 Å². The van der Waals surface area contributed by atoms with Crippen LogP contribution in [0.15, 0.2) is 11.6 Å². The molecule has 8 atom stereocenters. The Morgan fingerprint density at radius 1 is 1.12 bits per heavy atom. The van der Waals surface area contributed by atoms with Crippen LogP contribution in [-0.2, 0) is 0 Å². The Bertz CT molecular complexity index is 644. The Labute approximate surface area is 212 Å². The Hall–Kier alpha value is 0.0749. The molecule has 4 aliphatic carbocycles. The fourth-order valence-electron chi connectivity index (χ4n) is 8.73. The van der Waals surface area contributed by atoms with Gasteiger partial charge in [0.05, 0.1) is 11.7 Å². The first kappa shape index (κ1) is 29.3. The first-order chi connectivity index (χ1) is 15.5. The van der Waals surface area contributed by atoms with E-state index in [9.17, 15) is 10.2 Å². The lowest BCUT2D eigenvalue weighted by molar-refractivity contribution is -0.0602. The molecule has 4 rings (SSSR count). The van der Waals surface area contributed by atoms with Gasteiger partial charge in [-0.1, -0.05) is 59.1 Å². The van der Waals surface area contributed by atoms with Crippen LogP contribution < -0.4 is 0 Å². The highest BCUT2D eigenvalue weighted by molar-refractivity contribution is 8.03. The largest absolute Gasteiger partial charge is 0.393 e. The average molecular weight is 477 g/mol. The molecular formula is C29H53BO2S. The van der Waals surface area contributed by atoms with E-state index < -0.39 is 5.60 Å². The summed E-state index contributed by atoms with van der Waals surface area (Å²) in [5.41, 5.74) is 1.96. The monoisotopic (exact) mass is 476 g/mol. The Balaban J connectivity index is 0.000000914. The number of aliphatic hydroxyl groups excluding tert-OH is 1. The summed E-state index contributed by atoms with van der Waals surface area (Å²) in [5.74, 6) is 4.29. The zero-order valence-corrected chi connectivity index (χ0v) is 23.6. The standard InChI is InChI=1S/C27H46O2.C2H6.BHS/c1-18-16-19(8-6-7-13-25(2,3)29)27(5)15-12-23-22(24(18)27)10-9-20-17-21(28)11-14-26(20,23)4;2*1-2/h9,18-19,21-24,28-29H,6-8,10-17H2,1-5H3;1-2H3;2H. The molecule has 3 saturated carbocycles. The molecule has 0 spiro atoms. The molecule has 0 heterocycles. The maximum absolute atomic E-state index is 10.2. The second-order valence-electron chi connectivity index (χ2n) is 12.6. The average Bonchev–Trinajstić information content (AvgIpc) is 3.04. The zero-order chi connectivity index (χ0) is 25.0. The van der Waals surface area contributed by atoms with Gasteiger partial charge in [0.15, 0.2) is 7.12 Å². The molecule has 2 nitrogen and oxygen atoms in total. The van der Waals surface area contributed by atoms with Gasteiger partial charge in [0, 0.05) is 0 Å². The molecule has 0 bridgehead atoms. The highest BCUT2D eigenvalue weighted by Crippen LogP contribution is 2.68. The fraction of sp³-hybridized carbons (Fsp3) is 0.931. The van der Waals surface area contributed by atoms with Crippen molar-refractivity contribution < 1.29 is 10.2 Å². The Kier molecular flexibility index (Phi) is 10.5. The molecule has 8 unspecified atom stereocenters. The quantitative estimate of drug-likeness (QED) is 0.166. The van der Waals surface area contributed by atoms with Crippen molar-refractivity contribution in [2.24, 2.45) is 40.4 Å². The molecule has 0 saturated heterocycles. The number of fused-ring (bicyclic) bond motifs is 5. The van der Waals surface area contributed by atoms with Crippen LogP contribution in [0.1, 0.15) is 119 Å². The normalized spacial score (nSPS) is 41.8. The van der Waals surface area contributed by atoms with E-state index in [4.69, 9.17) is 0 Å². The number of hydrogen-bond acceptors (Lipinski definition) is 3. The minimum absolute atomic E-state index is 0.0987. The summed E-state index contributed by atoms with van der Waals surface area (Å²) < 4.78 is 0. The van der Waals surface area contributed by atoms with Crippen LogP contribution in [0.25, 0.3) is 0 Å². The van der Waals surface area contributed by atoms with Crippen LogP contribution in [0.3, 0.4) is 0 Å². The van der Waals surface area contributed by atoms with Crippen LogP contribution in [0.2, 0.25) is 0 Å². The number of hydrogen-bond donors (Lipinski definition) is 3. The minimum Gasteiger partial charge on any atom is -0.393 e. The van der Waals surface area contributed by atoms with Crippen molar-refractivity contribution in [3.63, 3.8) is 0 Å². The SMILES string of the molecule is CC.CC1CC(CCCCC(C)(C)O)C2(C)CCC3C(CC=C4CC(O)CCC43C)C12.[B]S. The van der Waals surface area contributed by atoms with Crippen LogP contribution >= 0.6 is 12.5 Å². The number of allylic oxidation sites excluding steroid dienone is 1. The summed E-state index contributed by atoms with van der Waals surface area (Å²) >= 11 is 3.03. The molecule has 0 aromatic heterocycles. The topological polar surface area (TPSA) is 40.5 Å². The Morgan fingerprint density at radius 2 is 1.79 bits per heavy atom. The predicted molar refractivity (Wildman–Crippen MR) is 147 cm³/mol. The molecule has 4 aliphatic rings. The van der Waals surface area contributed by atoms with Crippen LogP contribution in [0.4, 0.5) is 0 Å². The zero-order valence-electron chi connectivity index (χ0n) is 22.7. The van der Waals surface area contributed by atoms with Crippen molar-refractivity contribution in [3.05, 3.63) is 11.6 Å². The van der Waals surface area contributed by atoms with E-state index in [-0.39, 0.29) is 6.10 Å². The third-order valence-electron chi connectivity index (χ3n) is 10.2. The van der Waals surface area contributed by atoms with Gasteiger partial charge in [0.25, 0.3) is 0 Å². The van der Waals surface area contributed by atoms with Gasteiger partial charge in [-0.3, -0.25) is 0 Å². The highest BCUT2D eigenvalue weighted by Gasteiger charge is 2.60. The lowest BCUT2D eigenvalue weighted by Crippen LogP contribution is -2.51. The smallest absolute Gasteiger partial charge is 0.156 e. The predicted octanol–water partition coefficient (Wildman–Crippen LogP) is 7.53. The van der Waals surface area contributed by atoms with Crippen molar-refractivity contribution in [2.75, 3.05) is 0 Å². The number of thiol groups is 1. The van der Waals surface area contributed by atoms with Gasteiger partial charge >= 0.3 is 0 Å². The molecule has 0 amide bonds. The van der Waals surface area contributed by atoms with Gasteiger partial charge in [-0.05, 0) is 112 Å². The van der Waals surface area contributed by atoms with Crippen molar-refractivity contribution in [3.8, 4) is 0 Å². The van der Waals surface area contributed by atoms with Crippen molar-refractivity contribution in [2.45, 2.75) is 131 Å². The van der Waals surface area contributed by atoms with Gasteiger partial charge in [0.1, 0.15) is 0 Å². The molecule has 2 N–H and O–H groups in total. The maximum Gasteiger partial charge on any atom is 0.156 e. The summed E-state index contributed by atoms with van der Waals surface area (Å²) in [6.45, 7) is 15.6. The summed E-state index contributed by atoms with van der Waals surface area (Å²) in [6.07, 6.45) is 15.8. The van der Waals surface area contributed by atoms with Gasteiger partial charge in [-0.2, -0.15) is 0 Å². The van der Waals surface area contributed by atoms with Crippen LogP contribution in [0.5, 0.6) is 0 Å². The second-order valence-corrected chi connectivity index (χ2v) is 12.6. The summed E-state index contributed by atoms with van der Waals surface area (Å²) in [6, 6.07) is 0. The van der Waals surface area contributed by atoms with E-state index in [1.807, 2.05) is 27.7 Å². The van der Waals surface area contributed by atoms with Crippen molar-refractivity contribution in [1.29, 1.82) is 0 Å². The fourth-order valence-corrected chi connectivity index (χ4v) is 8.73. The first-order valence-electron chi connectivity index (χ1n) is 13.9. The van der Waals surface area contributed by atoms with E-state index >= 15 is 0 Å². The van der Waals surface area contributed by atoms with E-state index in [1.54, 1.807) is 5.57 Å². The molecular weight excluding hydrogens is 423 g/mol. The van der Waals surface area contributed by atoms with Crippen LogP contribution in [-0.4, -0.2) is 29.0 Å². The van der Waals surface area contributed by atoms with Gasteiger partial charge in [-0.15, -0.1) is 0 Å².